The van der Waals surface area contributed by atoms with E-state index in [9.17, 15) is 4.79 Å². The number of fused-ring (bicyclic) bond motifs is 1. The third-order valence-corrected chi connectivity index (χ3v) is 3.49. The summed E-state index contributed by atoms with van der Waals surface area (Å²) < 4.78 is 7.55. The Balaban J connectivity index is 1.93. The number of carbonyl (C=O) groups is 1. The first kappa shape index (κ1) is 10.6. The van der Waals surface area contributed by atoms with Crippen LogP contribution in [0.4, 0.5) is 4.79 Å². The van der Waals surface area contributed by atoms with Crippen LogP contribution in [-0.2, 0) is 17.8 Å². The summed E-state index contributed by atoms with van der Waals surface area (Å²) in [6.45, 7) is 4.31. The monoisotopic (exact) mass is 237 g/mol. The molecule has 1 saturated heterocycles. The highest BCUT2D eigenvalue weighted by Crippen LogP contribution is 2.29. The van der Waals surface area contributed by atoms with Gasteiger partial charge in [-0.05, 0) is 13.3 Å². The molecule has 1 N–H and O–H groups in total. The van der Waals surface area contributed by atoms with Crippen molar-refractivity contribution in [3.05, 3.63) is 17.2 Å². The lowest BCUT2D eigenvalue weighted by Crippen LogP contribution is -2.25. The van der Waals surface area contributed by atoms with E-state index in [-0.39, 0.29) is 0 Å². The summed E-state index contributed by atoms with van der Waals surface area (Å²) in [5, 5.41) is 8.99. The highest BCUT2D eigenvalue weighted by Gasteiger charge is 2.32. The number of aromatic nitrogens is 2. The van der Waals surface area contributed by atoms with Gasteiger partial charge in [0.2, 0.25) is 0 Å². The van der Waals surface area contributed by atoms with E-state index in [1.54, 1.807) is 0 Å². The number of hydrogen-bond acceptors (Lipinski definition) is 3. The maximum atomic E-state index is 10.9. The van der Waals surface area contributed by atoms with Crippen LogP contribution in [0.1, 0.15) is 29.7 Å². The van der Waals surface area contributed by atoms with Gasteiger partial charge in [0.1, 0.15) is 5.82 Å². The first-order chi connectivity index (χ1) is 8.16. The molecule has 0 aliphatic carbocycles. The quantitative estimate of drug-likeness (QED) is 0.795. The number of aryl methyl sites for hydroxylation is 1. The lowest BCUT2D eigenvalue weighted by molar-refractivity contribution is 0.143. The number of ether oxygens (including phenoxy) is 1. The van der Waals surface area contributed by atoms with Gasteiger partial charge in [0.15, 0.2) is 0 Å². The van der Waals surface area contributed by atoms with E-state index < -0.39 is 6.09 Å². The van der Waals surface area contributed by atoms with Crippen molar-refractivity contribution in [2.75, 3.05) is 13.2 Å². The molecule has 1 aromatic heterocycles. The van der Waals surface area contributed by atoms with Crippen molar-refractivity contribution in [2.24, 2.45) is 0 Å². The molecule has 2 aliphatic heterocycles. The summed E-state index contributed by atoms with van der Waals surface area (Å²) in [6.07, 6.45) is 0.103. The minimum absolute atomic E-state index is 0.319. The Kier molecular flexibility index (Phi) is 2.32. The average molecular weight is 237 g/mol. The summed E-state index contributed by atoms with van der Waals surface area (Å²) in [5.74, 6) is 0.968. The van der Waals surface area contributed by atoms with Crippen molar-refractivity contribution in [1.29, 1.82) is 0 Å². The zero-order chi connectivity index (χ0) is 12.0. The molecular weight excluding hydrogens is 222 g/mol. The highest BCUT2D eigenvalue weighted by molar-refractivity contribution is 5.65. The molecule has 2 aliphatic rings. The molecule has 1 aromatic rings. The fourth-order valence-corrected chi connectivity index (χ4v) is 2.71. The minimum Gasteiger partial charge on any atom is -0.465 e. The van der Waals surface area contributed by atoms with Crippen LogP contribution in [-0.4, -0.2) is 38.9 Å². The number of amides is 1. The van der Waals surface area contributed by atoms with Gasteiger partial charge in [-0.1, -0.05) is 0 Å². The molecule has 3 rings (SSSR count). The summed E-state index contributed by atoms with van der Waals surface area (Å²) in [6, 6.07) is 0.319. The molecule has 1 fully saturated rings. The maximum absolute atomic E-state index is 10.9. The van der Waals surface area contributed by atoms with Gasteiger partial charge in [0, 0.05) is 6.61 Å². The van der Waals surface area contributed by atoms with Crippen LogP contribution in [0.25, 0.3) is 0 Å². The molecule has 6 nitrogen and oxygen atoms in total. The van der Waals surface area contributed by atoms with Gasteiger partial charge in [-0.3, -0.25) is 4.90 Å². The maximum Gasteiger partial charge on any atom is 0.408 e. The van der Waals surface area contributed by atoms with Crippen molar-refractivity contribution in [3.8, 4) is 0 Å². The lowest BCUT2D eigenvalue weighted by atomic mass is 10.2. The van der Waals surface area contributed by atoms with Crippen molar-refractivity contribution >= 4 is 6.09 Å². The molecular formula is C11H15N3O3. The second-order valence-corrected chi connectivity index (χ2v) is 4.58. The van der Waals surface area contributed by atoms with E-state index in [2.05, 4.69) is 9.55 Å². The van der Waals surface area contributed by atoms with Crippen LogP contribution >= 0.6 is 0 Å². The second-order valence-electron chi connectivity index (χ2n) is 4.58. The van der Waals surface area contributed by atoms with Gasteiger partial charge in [-0.2, -0.15) is 0 Å². The molecule has 1 unspecified atom stereocenters. The molecule has 0 spiro atoms. The van der Waals surface area contributed by atoms with Crippen molar-refractivity contribution in [1.82, 2.24) is 14.5 Å². The number of imidazole rings is 1. The highest BCUT2D eigenvalue weighted by atomic mass is 16.5. The summed E-state index contributed by atoms with van der Waals surface area (Å²) in [7, 11) is 0. The Morgan fingerprint density at radius 3 is 3.00 bits per heavy atom. The van der Waals surface area contributed by atoms with Gasteiger partial charge >= 0.3 is 6.09 Å². The van der Waals surface area contributed by atoms with E-state index in [1.165, 1.54) is 4.90 Å². The summed E-state index contributed by atoms with van der Waals surface area (Å²) >= 11 is 0. The van der Waals surface area contributed by atoms with Gasteiger partial charge < -0.3 is 14.4 Å². The van der Waals surface area contributed by atoms with Crippen LogP contribution < -0.4 is 0 Å². The summed E-state index contributed by atoms with van der Waals surface area (Å²) in [5.41, 5.74) is 1.94. The van der Waals surface area contributed by atoms with E-state index in [0.717, 1.165) is 30.2 Å². The number of nitrogens with zero attached hydrogens (tertiary/aromatic N) is 3. The Morgan fingerprint density at radius 2 is 2.35 bits per heavy atom. The Hall–Kier alpha value is -1.56. The zero-order valence-electron chi connectivity index (χ0n) is 9.72. The Labute approximate surface area is 98.8 Å². The molecule has 92 valence electrons. The van der Waals surface area contributed by atoms with Crippen molar-refractivity contribution < 1.29 is 14.6 Å². The van der Waals surface area contributed by atoms with Crippen LogP contribution in [0.2, 0.25) is 0 Å². The number of carboxylic acid groups (broad SMARTS) is 1. The normalized spacial score (nSPS) is 23.1. The molecule has 0 saturated carbocycles. The standard InChI is InChI=1S/C11H15N3O3/c1-7-12-9-4-13(11(15)16)5-10(9)14(7)8-2-3-17-6-8/h8H,2-6H2,1H3,(H,15,16). The Morgan fingerprint density at radius 1 is 1.53 bits per heavy atom. The molecule has 0 radical (unpaired) electrons. The van der Waals surface area contributed by atoms with Gasteiger partial charge in [0.05, 0.1) is 37.1 Å². The Bertz CT molecular complexity index is 463. The van der Waals surface area contributed by atoms with Crippen LogP contribution in [0.5, 0.6) is 0 Å². The SMILES string of the molecule is Cc1nc2c(n1C1CCOC1)CN(C(=O)O)C2. The fraction of sp³-hybridized carbons (Fsp3) is 0.636. The molecule has 1 atom stereocenters. The van der Waals surface area contributed by atoms with Crippen molar-refractivity contribution in [2.45, 2.75) is 32.5 Å². The largest absolute Gasteiger partial charge is 0.465 e. The van der Waals surface area contributed by atoms with Crippen molar-refractivity contribution in [3.63, 3.8) is 0 Å². The van der Waals surface area contributed by atoms with Crippen LogP contribution in [0.3, 0.4) is 0 Å². The molecule has 0 bridgehead atoms. The first-order valence-electron chi connectivity index (χ1n) is 5.79. The van der Waals surface area contributed by atoms with Crippen LogP contribution in [0.15, 0.2) is 0 Å². The average Bonchev–Trinajstić information content (AvgIpc) is 2.91. The van der Waals surface area contributed by atoms with Gasteiger partial charge in [0.25, 0.3) is 0 Å². The third kappa shape index (κ3) is 1.59. The van der Waals surface area contributed by atoms with Crippen LogP contribution in [0, 0.1) is 6.92 Å². The van der Waals surface area contributed by atoms with E-state index in [1.807, 2.05) is 6.92 Å². The smallest absolute Gasteiger partial charge is 0.408 e. The molecule has 0 aromatic carbocycles. The predicted octanol–water partition coefficient (Wildman–Crippen LogP) is 1.15. The van der Waals surface area contributed by atoms with E-state index in [4.69, 9.17) is 9.84 Å². The lowest BCUT2D eigenvalue weighted by Gasteiger charge is -2.17. The molecule has 1 amide bonds. The van der Waals surface area contributed by atoms with Gasteiger partial charge in [-0.25, -0.2) is 9.78 Å². The second kappa shape index (κ2) is 3.73. The third-order valence-electron chi connectivity index (χ3n) is 3.49. The summed E-state index contributed by atoms with van der Waals surface area (Å²) in [4.78, 5) is 16.8. The van der Waals surface area contributed by atoms with E-state index >= 15 is 0 Å². The van der Waals surface area contributed by atoms with E-state index in [0.29, 0.717) is 25.7 Å². The molecule has 17 heavy (non-hydrogen) atoms. The minimum atomic E-state index is -0.880. The topological polar surface area (TPSA) is 67.6 Å². The van der Waals surface area contributed by atoms with Gasteiger partial charge in [-0.15, -0.1) is 0 Å². The first-order valence-corrected chi connectivity index (χ1v) is 5.79. The predicted molar refractivity (Wildman–Crippen MR) is 58.7 cm³/mol. The zero-order valence-corrected chi connectivity index (χ0v) is 9.72. The number of rotatable bonds is 1. The molecule has 6 heteroatoms. The fourth-order valence-electron chi connectivity index (χ4n) is 2.71. The number of hydrogen-bond donors (Lipinski definition) is 1. The molecule has 3 heterocycles.